The summed E-state index contributed by atoms with van der Waals surface area (Å²) in [5.74, 6) is -0.293. The standard InChI is InChI=1S/C18H22N2O4/c1-11(2)9-10-19-16(22)14-7-8-15(21)20(14)17-12-5-3-4-6-13(12)18(23)24-17/h3-6,11,14,17H,7-10H2,1-2H3,(H,19,22)/t14-,17-/m1/s1. The Morgan fingerprint density at radius 3 is 2.83 bits per heavy atom. The molecule has 0 aromatic heterocycles. The molecular formula is C18H22N2O4. The summed E-state index contributed by atoms with van der Waals surface area (Å²) in [6.45, 7) is 4.76. The largest absolute Gasteiger partial charge is 0.433 e. The van der Waals surface area contributed by atoms with Crippen LogP contribution in [0.5, 0.6) is 0 Å². The van der Waals surface area contributed by atoms with Gasteiger partial charge in [-0.2, -0.15) is 0 Å². The lowest BCUT2D eigenvalue weighted by Crippen LogP contribution is -2.46. The van der Waals surface area contributed by atoms with E-state index in [9.17, 15) is 14.4 Å². The normalized spacial score (nSPS) is 22.7. The Kier molecular flexibility index (Phi) is 4.55. The minimum atomic E-state index is -0.801. The summed E-state index contributed by atoms with van der Waals surface area (Å²) in [5.41, 5.74) is 1.11. The molecule has 2 aliphatic rings. The molecule has 1 saturated heterocycles. The molecule has 1 aromatic carbocycles. The highest BCUT2D eigenvalue weighted by Crippen LogP contribution is 2.38. The Labute approximate surface area is 141 Å². The molecule has 0 spiro atoms. The molecule has 2 aliphatic heterocycles. The van der Waals surface area contributed by atoms with Gasteiger partial charge in [-0.3, -0.25) is 14.5 Å². The van der Waals surface area contributed by atoms with Crippen LogP contribution >= 0.6 is 0 Å². The van der Waals surface area contributed by atoms with Crippen LogP contribution in [0.3, 0.4) is 0 Å². The van der Waals surface area contributed by atoms with Crippen LogP contribution in [0, 0.1) is 5.92 Å². The first-order valence-electron chi connectivity index (χ1n) is 8.38. The maximum absolute atomic E-state index is 12.5. The number of esters is 1. The van der Waals surface area contributed by atoms with Crippen molar-refractivity contribution in [2.24, 2.45) is 5.92 Å². The third-order valence-electron chi connectivity index (χ3n) is 4.50. The number of nitrogens with zero attached hydrogens (tertiary/aromatic N) is 1. The van der Waals surface area contributed by atoms with Gasteiger partial charge in [0.05, 0.1) is 5.56 Å². The van der Waals surface area contributed by atoms with Crippen molar-refractivity contribution in [3.8, 4) is 0 Å². The minimum Gasteiger partial charge on any atom is -0.433 e. The van der Waals surface area contributed by atoms with E-state index in [1.165, 1.54) is 4.90 Å². The van der Waals surface area contributed by atoms with Gasteiger partial charge in [-0.05, 0) is 24.8 Å². The highest BCUT2D eigenvalue weighted by Gasteiger charge is 2.46. The average molecular weight is 330 g/mol. The van der Waals surface area contributed by atoms with Gasteiger partial charge in [-0.15, -0.1) is 0 Å². The molecule has 1 aromatic rings. The van der Waals surface area contributed by atoms with Crippen LogP contribution in [0.2, 0.25) is 0 Å². The molecule has 0 radical (unpaired) electrons. The molecule has 1 fully saturated rings. The zero-order chi connectivity index (χ0) is 17.3. The number of carbonyl (C=O) groups is 3. The van der Waals surface area contributed by atoms with E-state index in [-0.39, 0.29) is 11.8 Å². The van der Waals surface area contributed by atoms with Gasteiger partial charge in [0.15, 0.2) is 0 Å². The first-order valence-corrected chi connectivity index (χ1v) is 8.38. The Hall–Kier alpha value is -2.37. The van der Waals surface area contributed by atoms with Crippen LogP contribution in [-0.4, -0.2) is 35.3 Å². The number of hydrogen-bond acceptors (Lipinski definition) is 4. The van der Waals surface area contributed by atoms with Crippen LogP contribution in [0.4, 0.5) is 0 Å². The molecule has 24 heavy (non-hydrogen) atoms. The molecule has 1 N–H and O–H groups in total. The van der Waals surface area contributed by atoms with Gasteiger partial charge in [0.1, 0.15) is 6.04 Å². The summed E-state index contributed by atoms with van der Waals surface area (Å²) in [6.07, 6.45) is 0.818. The second kappa shape index (κ2) is 6.63. The fourth-order valence-corrected chi connectivity index (χ4v) is 3.19. The van der Waals surface area contributed by atoms with Crippen LogP contribution in [0.1, 0.15) is 55.3 Å². The van der Waals surface area contributed by atoms with Crippen LogP contribution in [0.15, 0.2) is 24.3 Å². The van der Waals surface area contributed by atoms with E-state index in [4.69, 9.17) is 4.74 Å². The summed E-state index contributed by atoms with van der Waals surface area (Å²) in [4.78, 5) is 38.2. The Morgan fingerprint density at radius 2 is 2.08 bits per heavy atom. The van der Waals surface area contributed by atoms with Gasteiger partial charge in [-0.25, -0.2) is 4.79 Å². The summed E-state index contributed by atoms with van der Waals surface area (Å²) in [7, 11) is 0. The van der Waals surface area contributed by atoms with Gasteiger partial charge in [0.25, 0.3) is 0 Å². The number of hydrogen-bond donors (Lipinski definition) is 1. The first-order chi connectivity index (χ1) is 11.5. The maximum Gasteiger partial charge on any atom is 0.340 e. The SMILES string of the molecule is CC(C)CCNC(=O)[C@H]1CCC(=O)N1[C@@H]1OC(=O)c2ccccc21. The van der Waals surface area contributed by atoms with Gasteiger partial charge in [0.2, 0.25) is 18.0 Å². The van der Waals surface area contributed by atoms with E-state index in [0.29, 0.717) is 36.4 Å². The predicted molar refractivity (Wildman–Crippen MR) is 86.9 cm³/mol. The van der Waals surface area contributed by atoms with Crippen LogP contribution < -0.4 is 5.32 Å². The zero-order valence-electron chi connectivity index (χ0n) is 14.0. The second-order valence-corrected chi connectivity index (χ2v) is 6.67. The van der Waals surface area contributed by atoms with E-state index in [1.54, 1.807) is 24.3 Å². The van der Waals surface area contributed by atoms with E-state index in [1.807, 2.05) is 0 Å². The number of rotatable bonds is 5. The maximum atomic E-state index is 12.5. The van der Waals surface area contributed by atoms with Crippen molar-refractivity contribution in [1.82, 2.24) is 10.2 Å². The first kappa shape index (κ1) is 16.5. The molecule has 0 saturated carbocycles. The lowest BCUT2D eigenvalue weighted by molar-refractivity contribution is -0.145. The highest BCUT2D eigenvalue weighted by molar-refractivity contribution is 5.96. The number of cyclic esters (lactones) is 1. The molecule has 128 valence electrons. The molecule has 0 bridgehead atoms. The zero-order valence-corrected chi connectivity index (χ0v) is 14.0. The quantitative estimate of drug-likeness (QED) is 0.838. The van der Waals surface area contributed by atoms with Crippen molar-refractivity contribution in [3.05, 3.63) is 35.4 Å². The number of ether oxygens (including phenoxy) is 1. The van der Waals surface area contributed by atoms with Crippen LogP contribution in [-0.2, 0) is 14.3 Å². The minimum absolute atomic E-state index is 0.159. The molecule has 2 amide bonds. The summed E-state index contributed by atoms with van der Waals surface area (Å²) < 4.78 is 5.40. The molecule has 0 unspecified atom stereocenters. The van der Waals surface area contributed by atoms with Gasteiger partial charge >= 0.3 is 5.97 Å². The van der Waals surface area contributed by atoms with E-state index in [2.05, 4.69) is 19.2 Å². The Morgan fingerprint density at radius 1 is 1.33 bits per heavy atom. The van der Waals surface area contributed by atoms with Crippen molar-refractivity contribution in [3.63, 3.8) is 0 Å². The number of fused-ring (bicyclic) bond motifs is 1. The number of benzene rings is 1. The third-order valence-corrected chi connectivity index (χ3v) is 4.50. The summed E-state index contributed by atoms with van der Waals surface area (Å²) in [6, 6.07) is 6.41. The average Bonchev–Trinajstić information content (AvgIpc) is 3.08. The second-order valence-electron chi connectivity index (χ2n) is 6.67. The Balaban J connectivity index is 1.77. The lowest BCUT2D eigenvalue weighted by atomic mass is 10.1. The smallest absolute Gasteiger partial charge is 0.340 e. The summed E-state index contributed by atoms with van der Waals surface area (Å²) in [5, 5.41) is 2.89. The molecule has 6 heteroatoms. The predicted octanol–water partition coefficient (Wildman–Crippen LogP) is 2.01. The number of amides is 2. The third kappa shape index (κ3) is 3.00. The van der Waals surface area contributed by atoms with Gasteiger partial charge in [-0.1, -0.05) is 32.0 Å². The summed E-state index contributed by atoms with van der Waals surface area (Å²) >= 11 is 0. The van der Waals surface area contributed by atoms with Crippen LogP contribution in [0.25, 0.3) is 0 Å². The van der Waals surface area contributed by atoms with E-state index < -0.39 is 18.2 Å². The number of carbonyl (C=O) groups excluding carboxylic acids is 3. The fraction of sp³-hybridized carbons (Fsp3) is 0.500. The van der Waals surface area contributed by atoms with E-state index >= 15 is 0 Å². The van der Waals surface area contributed by atoms with Gasteiger partial charge < -0.3 is 10.1 Å². The topological polar surface area (TPSA) is 75.7 Å². The lowest BCUT2D eigenvalue weighted by Gasteiger charge is -2.29. The van der Waals surface area contributed by atoms with Crippen molar-refractivity contribution >= 4 is 17.8 Å². The molecular weight excluding hydrogens is 308 g/mol. The molecule has 2 heterocycles. The molecule has 0 aliphatic carbocycles. The van der Waals surface area contributed by atoms with Crippen molar-refractivity contribution < 1.29 is 19.1 Å². The number of likely N-dealkylation sites (tertiary alicyclic amines) is 1. The van der Waals surface area contributed by atoms with E-state index in [0.717, 1.165) is 6.42 Å². The van der Waals surface area contributed by atoms with Crippen molar-refractivity contribution in [2.45, 2.75) is 45.4 Å². The molecule has 6 nitrogen and oxygen atoms in total. The molecule has 3 rings (SSSR count). The van der Waals surface area contributed by atoms with Crippen molar-refractivity contribution in [1.29, 1.82) is 0 Å². The fourth-order valence-electron chi connectivity index (χ4n) is 3.19. The van der Waals surface area contributed by atoms with Gasteiger partial charge in [0, 0.05) is 18.5 Å². The molecule has 2 atom stereocenters. The monoisotopic (exact) mass is 330 g/mol. The Bertz CT molecular complexity index is 671. The highest BCUT2D eigenvalue weighted by atomic mass is 16.6. The van der Waals surface area contributed by atoms with Crippen molar-refractivity contribution in [2.75, 3.05) is 6.54 Å². The number of nitrogens with one attached hydrogen (secondary N) is 1.